The maximum atomic E-state index is 14.0. The summed E-state index contributed by atoms with van der Waals surface area (Å²) in [6.07, 6.45) is 4.65. The molecule has 0 radical (unpaired) electrons. The monoisotopic (exact) mass is 290 g/mol. The fraction of sp³-hybridized carbons (Fsp3) is 0.214. The molecule has 0 aliphatic heterocycles. The number of rotatable bonds is 2. The molecule has 20 heavy (non-hydrogen) atoms. The van der Waals surface area contributed by atoms with Crippen LogP contribution in [0.2, 0.25) is 5.28 Å². The van der Waals surface area contributed by atoms with Crippen molar-refractivity contribution in [3.63, 3.8) is 0 Å². The highest BCUT2D eigenvalue weighted by atomic mass is 35.5. The molecule has 0 aliphatic carbocycles. The molecule has 0 saturated heterocycles. The summed E-state index contributed by atoms with van der Waals surface area (Å²) in [7, 11) is 0. The quantitative estimate of drug-likeness (QED) is 0.673. The molecule has 0 amide bonds. The van der Waals surface area contributed by atoms with E-state index in [9.17, 15) is 4.39 Å². The van der Waals surface area contributed by atoms with Gasteiger partial charge in [0.2, 0.25) is 5.28 Å². The summed E-state index contributed by atoms with van der Waals surface area (Å²) in [5.74, 6) is -0.499. The summed E-state index contributed by atoms with van der Waals surface area (Å²) in [4.78, 5) is 12.0. The van der Waals surface area contributed by atoms with E-state index < -0.39 is 5.82 Å². The molecule has 0 bridgehead atoms. The van der Waals surface area contributed by atoms with E-state index in [2.05, 4.69) is 15.0 Å². The van der Waals surface area contributed by atoms with Gasteiger partial charge in [-0.2, -0.15) is 0 Å². The van der Waals surface area contributed by atoms with Gasteiger partial charge in [-0.3, -0.25) is 0 Å². The van der Waals surface area contributed by atoms with Gasteiger partial charge in [0.05, 0.1) is 6.20 Å². The van der Waals surface area contributed by atoms with Crippen LogP contribution in [0.15, 0.2) is 30.7 Å². The molecule has 3 aromatic heterocycles. The van der Waals surface area contributed by atoms with Crippen molar-refractivity contribution in [1.29, 1.82) is 0 Å². The van der Waals surface area contributed by atoms with Crippen molar-refractivity contribution in [1.82, 2.24) is 19.5 Å². The van der Waals surface area contributed by atoms with Crippen LogP contribution in [0.3, 0.4) is 0 Å². The van der Waals surface area contributed by atoms with Crippen molar-refractivity contribution in [2.75, 3.05) is 0 Å². The number of nitrogens with zero attached hydrogens (tertiary/aromatic N) is 4. The van der Waals surface area contributed by atoms with E-state index in [0.29, 0.717) is 5.56 Å². The third-order valence-electron chi connectivity index (χ3n) is 3.12. The zero-order valence-electron chi connectivity index (χ0n) is 11.0. The predicted molar refractivity (Wildman–Crippen MR) is 76.1 cm³/mol. The molecule has 0 spiro atoms. The average Bonchev–Trinajstić information content (AvgIpc) is 2.81. The summed E-state index contributed by atoms with van der Waals surface area (Å²) in [5, 5.41) is 0.866. The van der Waals surface area contributed by atoms with Crippen molar-refractivity contribution in [2.45, 2.75) is 19.9 Å². The lowest BCUT2D eigenvalue weighted by Crippen LogP contribution is -1.99. The van der Waals surface area contributed by atoms with E-state index in [1.165, 1.54) is 0 Å². The maximum absolute atomic E-state index is 14.0. The molecule has 3 rings (SSSR count). The van der Waals surface area contributed by atoms with Gasteiger partial charge < -0.3 is 4.57 Å². The van der Waals surface area contributed by atoms with Crippen LogP contribution in [-0.4, -0.2) is 19.5 Å². The Hall–Kier alpha value is -2.01. The Kier molecular flexibility index (Phi) is 3.14. The third-order valence-corrected chi connectivity index (χ3v) is 3.30. The molecule has 0 aromatic carbocycles. The van der Waals surface area contributed by atoms with Crippen molar-refractivity contribution >= 4 is 22.6 Å². The molecule has 4 nitrogen and oxygen atoms in total. The molecular formula is C14H12ClFN4. The second kappa shape index (κ2) is 4.83. The second-order valence-electron chi connectivity index (χ2n) is 4.75. The zero-order chi connectivity index (χ0) is 14.3. The van der Waals surface area contributed by atoms with Gasteiger partial charge in [0, 0.05) is 29.4 Å². The van der Waals surface area contributed by atoms with E-state index in [4.69, 9.17) is 11.6 Å². The normalized spacial score (nSPS) is 11.4. The van der Waals surface area contributed by atoms with Crippen LogP contribution in [0.1, 0.15) is 19.9 Å². The van der Waals surface area contributed by atoms with E-state index in [-0.39, 0.29) is 17.0 Å². The Bertz CT molecular complexity index is 782. The van der Waals surface area contributed by atoms with Crippen molar-refractivity contribution in [3.8, 4) is 11.3 Å². The first-order valence-electron chi connectivity index (χ1n) is 6.22. The van der Waals surface area contributed by atoms with Crippen LogP contribution in [0.25, 0.3) is 22.3 Å². The fourth-order valence-corrected chi connectivity index (χ4v) is 2.33. The van der Waals surface area contributed by atoms with Crippen molar-refractivity contribution in [2.24, 2.45) is 0 Å². The zero-order valence-corrected chi connectivity index (χ0v) is 11.8. The molecule has 0 unspecified atom stereocenters. The highest BCUT2D eigenvalue weighted by Crippen LogP contribution is 2.31. The summed E-state index contributed by atoms with van der Waals surface area (Å²) < 4.78 is 16.0. The molecule has 102 valence electrons. The van der Waals surface area contributed by atoms with Gasteiger partial charge in [-0.1, -0.05) is 0 Å². The summed E-state index contributed by atoms with van der Waals surface area (Å²) >= 11 is 5.78. The minimum Gasteiger partial charge on any atom is -0.329 e. The molecule has 3 aromatic rings. The lowest BCUT2D eigenvalue weighted by molar-refractivity contribution is 0.612. The van der Waals surface area contributed by atoms with E-state index in [0.717, 1.165) is 17.2 Å². The van der Waals surface area contributed by atoms with E-state index in [1.807, 2.05) is 36.7 Å². The first kappa shape index (κ1) is 13.0. The standard InChI is InChI=1S/C14H12ClFN4/c1-8(2)20-7-10(9-4-3-5-17-13(9)20)12-11(16)6-18-14(15)19-12/h3-8H,1-2H3. The minimum atomic E-state index is -0.499. The number of hydrogen-bond donors (Lipinski definition) is 0. The van der Waals surface area contributed by atoms with Crippen LogP contribution in [-0.2, 0) is 0 Å². The number of pyridine rings is 1. The van der Waals surface area contributed by atoms with Gasteiger partial charge in [-0.15, -0.1) is 0 Å². The molecule has 0 saturated carbocycles. The Balaban J connectivity index is 2.34. The molecule has 0 aliphatic rings. The Morgan fingerprint density at radius 1 is 1.30 bits per heavy atom. The van der Waals surface area contributed by atoms with Gasteiger partial charge in [-0.05, 0) is 37.6 Å². The molecule has 0 fully saturated rings. The van der Waals surface area contributed by atoms with Crippen LogP contribution >= 0.6 is 11.6 Å². The first-order chi connectivity index (χ1) is 9.58. The SMILES string of the molecule is CC(C)n1cc(-c2nc(Cl)ncc2F)c2cccnc21. The maximum Gasteiger partial charge on any atom is 0.223 e. The fourth-order valence-electron chi connectivity index (χ4n) is 2.20. The molecule has 6 heteroatoms. The Morgan fingerprint density at radius 2 is 2.10 bits per heavy atom. The molecule has 0 atom stereocenters. The van der Waals surface area contributed by atoms with E-state index in [1.54, 1.807) is 6.20 Å². The molecule has 3 heterocycles. The minimum absolute atomic E-state index is 0.0238. The largest absolute Gasteiger partial charge is 0.329 e. The van der Waals surface area contributed by atoms with Gasteiger partial charge in [-0.25, -0.2) is 19.3 Å². The smallest absolute Gasteiger partial charge is 0.223 e. The van der Waals surface area contributed by atoms with Gasteiger partial charge in [0.1, 0.15) is 11.3 Å². The first-order valence-corrected chi connectivity index (χ1v) is 6.59. The summed E-state index contributed by atoms with van der Waals surface area (Å²) in [5.41, 5.74) is 1.66. The number of halogens is 2. The lowest BCUT2D eigenvalue weighted by Gasteiger charge is -2.07. The topological polar surface area (TPSA) is 43.6 Å². The number of hydrogen-bond acceptors (Lipinski definition) is 3. The highest BCUT2D eigenvalue weighted by molar-refractivity contribution is 6.28. The Morgan fingerprint density at radius 3 is 2.85 bits per heavy atom. The predicted octanol–water partition coefficient (Wildman–Crippen LogP) is 3.87. The van der Waals surface area contributed by atoms with Gasteiger partial charge >= 0.3 is 0 Å². The van der Waals surface area contributed by atoms with Crippen molar-refractivity contribution in [3.05, 3.63) is 41.8 Å². The molecular weight excluding hydrogens is 279 g/mol. The lowest BCUT2D eigenvalue weighted by atomic mass is 10.1. The number of fused-ring (bicyclic) bond motifs is 1. The van der Waals surface area contributed by atoms with Gasteiger partial charge in [0.15, 0.2) is 5.82 Å². The van der Waals surface area contributed by atoms with E-state index >= 15 is 0 Å². The third kappa shape index (κ3) is 2.04. The average molecular weight is 291 g/mol. The molecule has 0 N–H and O–H groups in total. The van der Waals surface area contributed by atoms with Crippen LogP contribution in [0.5, 0.6) is 0 Å². The highest BCUT2D eigenvalue weighted by Gasteiger charge is 2.17. The summed E-state index contributed by atoms with van der Waals surface area (Å²) in [6, 6.07) is 3.92. The number of aromatic nitrogens is 4. The Labute approximate surface area is 120 Å². The van der Waals surface area contributed by atoms with Crippen LogP contribution < -0.4 is 0 Å². The van der Waals surface area contributed by atoms with Crippen molar-refractivity contribution < 1.29 is 4.39 Å². The van der Waals surface area contributed by atoms with Crippen LogP contribution in [0.4, 0.5) is 4.39 Å². The van der Waals surface area contributed by atoms with Gasteiger partial charge in [0.25, 0.3) is 0 Å². The summed E-state index contributed by atoms with van der Waals surface area (Å²) in [6.45, 7) is 4.09. The second-order valence-corrected chi connectivity index (χ2v) is 5.09. The van der Waals surface area contributed by atoms with Crippen LogP contribution in [0, 0.1) is 5.82 Å².